The number of amides is 1. The summed E-state index contributed by atoms with van der Waals surface area (Å²) in [6, 6.07) is 18.9. The Labute approximate surface area is 214 Å². The number of methoxy groups -OCH3 is 1. The predicted octanol–water partition coefficient (Wildman–Crippen LogP) is 5.03. The van der Waals surface area contributed by atoms with Crippen LogP contribution in [0.25, 0.3) is 5.76 Å². The van der Waals surface area contributed by atoms with Gasteiger partial charge in [-0.1, -0.05) is 30.3 Å². The van der Waals surface area contributed by atoms with Crippen molar-refractivity contribution in [2.75, 3.05) is 12.0 Å². The summed E-state index contributed by atoms with van der Waals surface area (Å²) < 4.78 is 16.3. The average molecular weight is 502 g/mol. The number of carbonyl (C=O) groups excluding carboxylic acids is 3. The van der Waals surface area contributed by atoms with Crippen LogP contribution in [-0.4, -0.2) is 36.0 Å². The first-order valence-electron chi connectivity index (χ1n) is 11.7. The Balaban J connectivity index is 1.92. The Morgan fingerprint density at radius 3 is 2.30 bits per heavy atom. The van der Waals surface area contributed by atoms with Crippen molar-refractivity contribution in [3.63, 3.8) is 0 Å². The second-order valence-corrected chi connectivity index (χ2v) is 8.73. The van der Waals surface area contributed by atoms with Gasteiger partial charge in [-0.3, -0.25) is 19.3 Å². The molecule has 190 valence electrons. The first-order chi connectivity index (χ1) is 17.7. The Hall–Kier alpha value is -4.59. The monoisotopic (exact) mass is 501 g/mol. The van der Waals surface area contributed by atoms with Gasteiger partial charge in [0.1, 0.15) is 23.0 Å². The highest BCUT2D eigenvalue weighted by Crippen LogP contribution is 2.43. The van der Waals surface area contributed by atoms with E-state index in [0.717, 1.165) is 0 Å². The van der Waals surface area contributed by atoms with Crippen LogP contribution >= 0.6 is 0 Å². The van der Waals surface area contributed by atoms with Crippen molar-refractivity contribution in [2.24, 2.45) is 0 Å². The minimum Gasteiger partial charge on any atom is -0.507 e. The van der Waals surface area contributed by atoms with E-state index in [1.807, 2.05) is 13.8 Å². The highest BCUT2D eigenvalue weighted by Gasteiger charge is 2.47. The molecule has 0 spiro atoms. The van der Waals surface area contributed by atoms with E-state index in [4.69, 9.17) is 14.2 Å². The van der Waals surface area contributed by atoms with Crippen molar-refractivity contribution in [3.8, 4) is 17.2 Å². The average Bonchev–Trinajstić information content (AvgIpc) is 3.13. The number of aliphatic hydroxyl groups excluding tert-OH is 1. The lowest BCUT2D eigenvalue weighted by atomic mass is 9.95. The second-order valence-electron chi connectivity index (χ2n) is 8.73. The Kier molecular flexibility index (Phi) is 7.29. The van der Waals surface area contributed by atoms with Gasteiger partial charge in [0, 0.05) is 24.2 Å². The molecule has 1 atom stereocenters. The Morgan fingerprint density at radius 1 is 0.919 bits per heavy atom. The highest BCUT2D eigenvalue weighted by molar-refractivity contribution is 6.51. The van der Waals surface area contributed by atoms with Crippen molar-refractivity contribution in [1.29, 1.82) is 0 Å². The van der Waals surface area contributed by atoms with Crippen LogP contribution in [0.5, 0.6) is 17.2 Å². The van der Waals surface area contributed by atoms with E-state index in [1.54, 1.807) is 72.8 Å². The molecular formula is C29H27NO7. The third-order valence-corrected chi connectivity index (χ3v) is 5.69. The molecule has 1 aliphatic heterocycles. The summed E-state index contributed by atoms with van der Waals surface area (Å²) in [4.78, 5) is 39.7. The lowest BCUT2D eigenvalue weighted by Gasteiger charge is -2.26. The minimum absolute atomic E-state index is 0.0972. The lowest BCUT2D eigenvalue weighted by Crippen LogP contribution is -2.29. The van der Waals surface area contributed by atoms with Crippen LogP contribution < -0.4 is 19.1 Å². The van der Waals surface area contributed by atoms with E-state index < -0.39 is 23.7 Å². The smallest absolute Gasteiger partial charge is 0.308 e. The van der Waals surface area contributed by atoms with Gasteiger partial charge in [0.15, 0.2) is 0 Å². The summed E-state index contributed by atoms with van der Waals surface area (Å²) in [5, 5.41) is 11.4. The van der Waals surface area contributed by atoms with Crippen LogP contribution in [0.1, 0.15) is 37.9 Å². The normalized spacial score (nSPS) is 16.7. The molecule has 8 nitrogen and oxygen atoms in total. The molecule has 1 heterocycles. The number of esters is 1. The molecule has 37 heavy (non-hydrogen) atoms. The molecule has 0 saturated carbocycles. The maximum Gasteiger partial charge on any atom is 0.308 e. The minimum atomic E-state index is -1.00. The quantitative estimate of drug-likeness (QED) is 0.159. The van der Waals surface area contributed by atoms with Gasteiger partial charge in [0.2, 0.25) is 0 Å². The standard InChI is InChI=1S/C29H27NO7/c1-17(2)36-23-12-6-9-20(15-23)27(32)25-26(19-8-5-13-24(14-19)37-18(3)31)30(29(34)28(25)33)21-10-7-11-22(16-21)35-4/h5-17,26,32H,1-4H3/b27-25+. The summed E-state index contributed by atoms with van der Waals surface area (Å²) in [5.74, 6) is -1.28. The molecule has 3 aromatic rings. The van der Waals surface area contributed by atoms with E-state index in [1.165, 1.54) is 18.9 Å². The van der Waals surface area contributed by atoms with Crippen LogP contribution in [-0.2, 0) is 14.4 Å². The molecule has 8 heteroatoms. The number of rotatable bonds is 7. The molecule has 4 rings (SSSR count). The number of nitrogens with zero attached hydrogens (tertiary/aromatic N) is 1. The van der Waals surface area contributed by atoms with Crippen molar-refractivity contribution < 1.29 is 33.7 Å². The number of ketones is 1. The molecule has 1 amide bonds. The molecule has 1 fully saturated rings. The number of Topliss-reactive ketones (excluding diaryl/α,β-unsaturated/α-hetero) is 1. The molecule has 1 aliphatic rings. The predicted molar refractivity (Wildman–Crippen MR) is 138 cm³/mol. The van der Waals surface area contributed by atoms with Gasteiger partial charge < -0.3 is 19.3 Å². The number of anilines is 1. The van der Waals surface area contributed by atoms with Gasteiger partial charge in [-0.15, -0.1) is 0 Å². The van der Waals surface area contributed by atoms with Gasteiger partial charge in [0.25, 0.3) is 11.7 Å². The Morgan fingerprint density at radius 2 is 1.59 bits per heavy atom. The van der Waals surface area contributed by atoms with Crippen molar-refractivity contribution in [3.05, 3.63) is 89.5 Å². The highest BCUT2D eigenvalue weighted by atomic mass is 16.5. The fourth-order valence-corrected chi connectivity index (χ4v) is 4.23. The van der Waals surface area contributed by atoms with Crippen LogP contribution in [0.15, 0.2) is 78.4 Å². The molecule has 0 radical (unpaired) electrons. The molecule has 0 aromatic heterocycles. The summed E-state index contributed by atoms with van der Waals surface area (Å²) >= 11 is 0. The fourth-order valence-electron chi connectivity index (χ4n) is 4.23. The van der Waals surface area contributed by atoms with Crippen molar-refractivity contribution in [2.45, 2.75) is 32.9 Å². The van der Waals surface area contributed by atoms with Gasteiger partial charge in [-0.05, 0) is 55.8 Å². The molecule has 3 aromatic carbocycles. The van der Waals surface area contributed by atoms with Crippen LogP contribution in [0.4, 0.5) is 5.69 Å². The number of carbonyl (C=O) groups is 3. The van der Waals surface area contributed by atoms with Gasteiger partial charge >= 0.3 is 5.97 Å². The molecule has 1 N–H and O–H groups in total. The van der Waals surface area contributed by atoms with E-state index in [2.05, 4.69) is 0 Å². The second kappa shape index (κ2) is 10.6. The maximum absolute atomic E-state index is 13.4. The van der Waals surface area contributed by atoms with Crippen molar-refractivity contribution >= 4 is 29.1 Å². The molecular weight excluding hydrogens is 474 g/mol. The summed E-state index contributed by atoms with van der Waals surface area (Å²) in [6.07, 6.45) is -0.0972. The zero-order valence-corrected chi connectivity index (χ0v) is 20.9. The van der Waals surface area contributed by atoms with E-state index in [0.29, 0.717) is 28.3 Å². The van der Waals surface area contributed by atoms with Crippen LogP contribution in [0.3, 0.4) is 0 Å². The third kappa shape index (κ3) is 5.33. The zero-order chi connectivity index (χ0) is 26.7. The van der Waals surface area contributed by atoms with E-state index >= 15 is 0 Å². The molecule has 0 bridgehead atoms. The van der Waals surface area contributed by atoms with Gasteiger partial charge in [-0.2, -0.15) is 0 Å². The summed E-state index contributed by atoms with van der Waals surface area (Å²) in [6.45, 7) is 5.03. The number of aliphatic hydroxyl groups is 1. The first-order valence-corrected chi connectivity index (χ1v) is 11.7. The summed E-state index contributed by atoms with van der Waals surface area (Å²) in [5.41, 5.74) is 1.09. The SMILES string of the molecule is COc1cccc(N2C(=O)C(=O)/C(=C(/O)c3cccc(OC(C)C)c3)C2c2cccc(OC(C)=O)c2)c1. The summed E-state index contributed by atoms with van der Waals surface area (Å²) in [7, 11) is 1.50. The van der Waals surface area contributed by atoms with E-state index in [-0.39, 0.29) is 23.2 Å². The largest absolute Gasteiger partial charge is 0.507 e. The first kappa shape index (κ1) is 25.5. The molecule has 1 unspecified atom stereocenters. The van der Waals surface area contributed by atoms with Crippen LogP contribution in [0.2, 0.25) is 0 Å². The zero-order valence-electron chi connectivity index (χ0n) is 20.9. The van der Waals surface area contributed by atoms with Gasteiger partial charge in [-0.25, -0.2) is 0 Å². The maximum atomic E-state index is 13.4. The molecule has 0 aliphatic carbocycles. The number of hydrogen-bond acceptors (Lipinski definition) is 7. The number of ether oxygens (including phenoxy) is 3. The van der Waals surface area contributed by atoms with E-state index in [9.17, 15) is 19.5 Å². The number of benzene rings is 3. The Bertz CT molecular complexity index is 1390. The van der Waals surface area contributed by atoms with Gasteiger partial charge in [0.05, 0.1) is 24.8 Å². The lowest BCUT2D eigenvalue weighted by molar-refractivity contribution is -0.132. The fraction of sp³-hybridized carbons (Fsp3) is 0.207. The van der Waals surface area contributed by atoms with Crippen molar-refractivity contribution in [1.82, 2.24) is 0 Å². The third-order valence-electron chi connectivity index (χ3n) is 5.69. The topological polar surface area (TPSA) is 102 Å². The van der Waals surface area contributed by atoms with Crippen LogP contribution in [0, 0.1) is 0 Å². The number of hydrogen-bond donors (Lipinski definition) is 1. The molecule has 1 saturated heterocycles.